The molecule has 0 saturated heterocycles. The van der Waals surface area contributed by atoms with E-state index in [9.17, 15) is 0 Å². The lowest BCUT2D eigenvalue weighted by Crippen LogP contribution is -2.18. The van der Waals surface area contributed by atoms with Gasteiger partial charge in [-0.15, -0.1) is 0 Å². The van der Waals surface area contributed by atoms with Gasteiger partial charge in [0.1, 0.15) is 0 Å². The molecule has 0 aliphatic heterocycles. The second-order valence-corrected chi connectivity index (χ2v) is 10.1. The molecule has 0 heterocycles. The molecule has 0 amide bonds. The second-order valence-electron chi connectivity index (χ2n) is 7.93. The van der Waals surface area contributed by atoms with E-state index in [0.717, 1.165) is 5.75 Å². The van der Waals surface area contributed by atoms with Crippen molar-refractivity contribution in [3.63, 3.8) is 0 Å². The van der Waals surface area contributed by atoms with Crippen LogP contribution in [0.2, 0.25) is 0 Å². The zero-order chi connectivity index (χ0) is 22.9. The fourth-order valence-corrected chi connectivity index (χ4v) is 4.24. The van der Waals surface area contributed by atoms with Gasteiger partial charge in [0.05, 0.1) is 12.7 Å². The third-order valence-corrected chi connectivity index (χ3v) is 6.17. The molecule has 6 nitrogen and oxygen atoms in total. The van der Waals surface area contributed by atoms with Crippen LogP contribution in [0.25, 0.3) is 0 Å². The maximum absolute atomic E-state index is 9.03. The number of unbranched alkanes of at least 4 members (excludes halogenated alkanes) is 15. The number of aliphatic hydroxyl groups is 1. The van der Waals surface area contributed by atoms with Gasteiger partial charge < -0.3 is 24.5 Å². The molecule has 1 unspecified atom stereocenters. The Kier molecular flexibility index (Phi) is 27.8. The Morgan fingerprint density at radius 2 is 1.07 bits per heavy atom. The summed E-state index contributed by atoms with van der Waals surface area (Å²) >= 11 is 1.91. The summed E-state index contributed by atoms with van der Waals surface area (Å²) in [6, 6.07) is 0. The molecule has 0 saturated carbocycles. The van der Waals surface area contributed by atoms with Gasteiger partial charge in [-0.1, -0.05) is 103 Å². The lowest BCUT2D eigenvalue weighted by Gasteiger charge is -2.11. The third-order valence-electron chi connectivity index (χ3n) is 4.98. The first-order chi connectivity index (χ1) is 14.3. The van der Waals surface area contributed by atoms with Crippen LogP contribution in [-0.4, -0.2) is 51.1 Å². The number of ether oxygens (including phenoxy) is 1. The van der Waals surface area contributed by atoms with Gasteiger partial charge in [0, 0.05) is 12.9 Å². The Balaban J connectivity index is 0. The molecular weight excluding hydrogens is 423 g/mol. The van der Waals surface area contributed by atoms with Crippen LogP contribution in [0.5, 0.6) is 0 Å². The van der Waals surface area contributed by atoms with Gasteiger partial charge in [0.15, 0.2) is 0 Å². The van der Waals surface area contributed by atoms with Crippen LogP contribution >= 0.6 is 19.6 Å². The fraction of sp³-hybridized carbons (Fsp3) is 1.00. The largest absolute Gasteiger partial charge is 0.466 e. The minimum Gasteiger partial charge on any atom is -0.394 e. The summed E-state index contributed by atoms with van der Waals surface area (Å²) in [6.07, 6.45) is 22.8. The van der Waals surface area contributed by atoms with Crippen LogP contribution in [-0.2, 0) is 9.30 Å². The Hall–Kier alpha value is 0.380. The summed E-state index contributed by atoms with van der Waals surface area (Å²) in [6.45, 7) is 2.43. The van der Waals surface area contributed by atoms with Crippen LogP contribution in [0.4, 0.5) is 0 Å². The average molecular weight is 473 g/mol. The van der Waals surface area contributed by atoms with Crippen molar-refractivity contribution in [1.29, 1.82) is 0 Å². The number of methoxy groups -OCH3 is 1. The molecule has 0 aromatic heterocycles. The first kappa shape index (κ1) is 32.6. The molecule has 4 N–H and O–H groups in total. The zero-order valence-electron chi connectivity index (χ0n) is 19.5. The summed E-state index contributed by atoms with van der Waals surface area (Å²) < 4.78 is 14.0. The number of hydrogen-bond donors (Lipinski definition) is 4. The smallest absolute Gasteiger partial charge is 0.394 e. The normalized spacial score (nSPS) is 12.5. The van der Waals surface area contributed by atoms with Gasteiger partial charge >= 0.3 is 7.82 Å². The van der Waals surface area contributed by atoms with Gasteiger partial charge in [-0.3, -0.25) is 0 Å². The maximum Gasteiger partial charge on any atom is 0.466 e. The molecule has 0 aromatic carbocycles. The zero-order valence-corrected chi connectivity index (χ0v) is 21.2. The monoisotopic (exact) mass is 472 g/mol. The Bertz CT molecular complexity index is 355. The predicted molar refractivity (Wildman–Crippen MR) is 129 cm³/mol. The molecule has 0 aromatic rings. The third kappa shape index (κ3) is 35.8. The summed E-state index contributed by atoms with van der Waals surface area (Å²) in [5, 5.41) is 9.03. The molecule has 0 aliphatic carbocycles. The van der Waals surface area contributed by atoms with Crippen molar-refractivity contribution in [2.75, 3.05) is 25.2 Å². The predicted octanol–water partition coefficient (Wildman–Crippen LogP) is 6.06. The molecule has 0 aliphatic rings. The number of hydrogen-bond acceptors (Lipinski definition) is 4. The van der Waals surface area contributed by atoms with Crippen LogP contribution in [0.3, 0.4) is 0 Å². The quantitative estimate of drug-likeness (QED) is 0.119. The van der Waals surface area contributed by atoms with E-state index in [4.69, 9.17) is 29.1 Å². The Morgan fingerprint density at radius 1 is 0.733 bits per heavy atom. The molecule has 8 heteroatoms. The molecular formula is C22H49O6PS. The average Bonchev–Trinajstić information content (AvgIpc) is 2.68. The molecule has 1 atom stereocenters. The van der Waals surface area contributed by atoms with Gasteiger partial charge in [-0.2, -0.15) is 11.8 Å². The highest BCUT2D eigenvalue weighted by Crippen LogP contribution is 2.25. The van der Waals surface area contributed by atoms with Crippen LogP contribution in [0.15, 0.2) is 0 Å². The van der Waals surface area contributed by atoms with E-state index in [1.54, 1.807) is 7.11 Å². The molecule has 0 radical (unpaired) electrons. The van der Waals surface area contributed by atoms with Crippen molar-refractivity contribution < 1.29 is 29.1 Å². The highest BCUT2D eigenvalue weighted by Gasteiger charge is 2.04. The van der Waals surface area contributed by atoms with E-state index in [1.807, 2.05) is 11.8 Å². The van der Waals surface area contributed by atoms with E-state index in [-0.39, 0.29) is 12.7 Å². The number of phosphoric acid groups is 1. The van der Waals surface area contributed by atoms with Gasteiger partial charge in [0.25, 0.3) is 0 Å². The lowest BCUT2D eigenvalue weighted by atomic mass is 10.0. The van der Waals surface area contributed by atoms with Gasteiger partial charge in [-0.25, -0.2) is 4.57 Å². The summed E-state index contributed by atoms with van der Waals surface area (Å²) in [7, 11) is -2.96. The Morgan fingerprint density at radius 3 is 1.37 bits per heavy atom. The van der Waals surface area contributed by atoms with Gasteiger partial charge in [0.2, 0.25) is 0 Å². The standard InChI is InChI=1S/C22H46O2S.H3O4P/c1-3-4-5-6-7-8-9-10-11-12-13-14-15-16-17-18-19-25-21-22(20-23)24-2;1-5(2,3)4/h22-23H,3-21H2,1-2H3;(H3,1,2,3,4). The number of aliphatic hydroxyl groups excluding tert-OH is 1. The van der Waals surface area contributed by atoms with Crippen LogP contribution in [0.1, 0.15) is 110 Å². The molecule has 0 spiro atoms. The SMILES string of the molecule is CCCCCCCCCCCCCCCCCCSCC(CO)OC.O=P(O)(O)O. The lowest BCUT2D eigenvalue weighted by molar-refractivity contribution is 0.0656. The molecule has 30 heavy (non-hydrogen) atoms. The topological polar surface area (TPSA) is 107 Å². The van der Waals surface area contributed by atoms with E-state index < -0.39 is 7.82 Å². The highest BCUT2D eigenvalue weighted by molar-refractivity contribution is 7.99. The summed E-state index contributed by atoms with van der Waals surface area (Å²) in [5.41, 5.74) is 0. The van der Waals surface area contributed by atoms with E-state index in [0.29, 0.717) is 0 Å². The van der Waals surface area contributed by atoms with Crippen LogP contribution < -0.4 is 0 Å². The fourth-order valence-electron chi connectivity index (χ4n) is 3.16. The van der Waals surface area contributed by atoms with Crippen molar-refractivity contribution in [1.82, 2.24) is 0 Å². The molecule has 0 bridgehead atoms. The minimum atomic E-state index is -4.64. The first-order valence-electron chi connectivity index (χ1n) is 11.8. The second kappa shape index (κ2) is 25.6. The van der Waals surface area contributed by atoms with Crippen LogP contribution in [0, 0.1) is 0 Å². The Labute approximate surface area is 189 Å². The summed E-state index contributed by atoms with van der Waals surface area (Å²) in [5.74, 6) is 2.13. The minimum absolute atomic E-state index is 0.0195. The maximum atomic E-state index is 9.03. The van der Waals surface area contributed by atoms with E-state index >= 15 is 0 Å². The van der Waals surface area contributed by atoms with Crippen molar-refractivity contribution in [3.05, 3.63) is 0 Å². The van der Waals surface area contributed by atoms with Crippen molar-refractivity contribution in [2.45, 2.75) is 116 Å². The van der Waals surface area contributed by atoms with Gasteiger partial charge in [-0.05, 0) is 12.2 Å². The number of rotatable bonds is 21. The van der Waals surface area contributed by atoms with E-state index in [1.165, 1.54) is 108 Å². The molecule has 0 fully saturated rings. The van der Waals surface area contributed by atoms with Crippen molar-refractivity contribution in [3.8, 4) is 0 Å². The number of thioether (sulfide) groups is 1. The molecule has 0 rings (SSSR count). The van der Waals surface area contributed by atoms with Crippen molar-refractivity contribution >= 4 is 19.6 Å². The first-order valence-corrected chi connectivity index (χ1v) is 14.6. The van der Waals surface area contributed by atoms with Crippen molar-refractivity contribution in [2.24, 2.45) is 0 Å². The molecule has 184 valence electrons. The van der Waals surface area contributed by atoms with E-state index in [2.05, 4.69) is 6.92 Å². The summed E-state index contributed by atoms with van der Waals surface area (Å²) in [4.78, 5) is 21.6. The highest BCUT2D eigenvalue weighted by atomic mass is 32.2.